The van der Waals surface area contributed by atoms with Crippen molar-refractivity contribution in [2.24, 2.45) is 0 Å². The van der Waals surface area contributed by atoms with Gasteiger partial charge in [0.1, 0.15) is 17.5 Å². The molecule has 1 aromatic heterocycles. The summed E-state index contributed by atoms with van der Waals surface area (Å²) in [5.41, 5.74) is 6.36. The fourth-order valence-electron chi connectivity index (χ4n) is 2.09. The Morgan fingerprint density at radius 1 is 1.21 bits per heavy atom. The van der Waals surface area contributed by atoms with E-state index in [9.17, 15) is 13.2 Å². The third-order valence-corrected chi connectivity index (χ3v) is 4.05. The summed E-state index contributed by atoms with van der Waals surface area (Å²) in [5.74, 6) is -2.29. The van der Waals surface area contributed by atoms with Crippen LogP contribution in [0.25, 0.3) is 0 Å². The van der Waals surface area contributed by atoms with Crippen molar-refractivity contribution < 1.29 is 13.2 Å². The summed E-state index contributed by atoms with van der Waals surface area (Å²) in [4.78, 5) is 4.99. The Kier molecular flexibility index (Phi) is 2.97. The summed E-state index contributed by atoms with van der Waals surface area (Å²) in [6.45, 7) is 0. The van der Waals surface area contributed by atoms with Crippen LogP contribution in [0.3, 0.4) is 0 Å². The van der Waals surface area contributed by atoms with Gasteiger partial charge in [-0.1, -0.05) is 0 Å². The van der Waals surface area contributed by atoms with Gasteiger partial charge in [0.2, 0.25) is 0 Å². The van der Waals surface area contributed by atoms with E-state index in [2.05, 4.69) is 4.98 Å². The van der Waals surface area contributed by atoms with Crippen molar-refractivity contribution in [1.29, 1.82) is 0 Å². The molecule has 0 bridgehead atoms. The largest absolute Gasteiger partial charge is 0.375 e. The number of nitrogens with two attached hydrogens (primary N) is 1. The maximum atomic E-state index is 13.6. The zero-order chi connectivity index (χ0) is 13.6. The molecule has 0 atom stereocenters. The summed E-state index contributed by atoms with van der Waals surface area (Å²) in [5, 5.41) is 0.403. The molecular formula is C13H11F3N2S. The Bertz CT molecular complexity index is 612. The zero-order valence-corrected chi connectivity index (χ0v) is 10.7. The molecule has 0 unspecified atom stereocenters. The van der Waals surface area contributed by atoms with Gasteiger partial charge in [0, 0.05) is 34.9 Å². The Morgan fingerprint density at radius 2 is 1.84 bits per heavy atom. The number of hydrogen-bond donors (Lipinski definition) is 1. The normalized spacial score (nSPS) is 14.9. The van der Waals surface area contributed by atoms with Crippen LogP contribution in [0, 0.1) is 17.5 Å². The molecule has 2 nitrogen and oxygen atoms in total. The average molecular weight is 284 g/mol. The lowest BCUT2D eigenvalue weighted by atomic mass is 10.1. The SMILES string of the molecule is Nc1nc(C2CC2)c(Cc2c(F)cc(F)cc2F)s1. The molecule has 1 saturated carbocycles. The molecule has 0 aliphatic heterocycles. The van der Waals surface area contributed by atoms with E-state index in [0.717, 1.165) is 23.4 Å². The minimum absolute atomic E-state index is 0.0681. The molecule has 1 aliphatic rings. The lowest BCUT2D eigenvalue weighted by molar-refractivity contribution is 0.528. The molecule has 0 spiro atoms. The smallest absolute Gasteiger partial charge is 0.180 e. The molecule has 3 rings (SSSR count). The Hall–Kier alpha value is -1.56. The number of nitrogens with zero attached hydrogens (tertiary/aromatic N) is 1. The lowest BCUT2D eigenvalue weighted by Gasteiger charge is -2.05. The highest BCUT2D eigenvalue weighted by Crippen LogP contribution is 2.43. The molecular weight excluding hydrogens is 273 g/mol. The first kappa shape index (κ1) is 12.5. The lowest BCUT2D eigenvalue weighted by Crippen LogP contribution is -1.99. The first-order chi connectivity index (χ1) is 9.04. The molecule has 6 heteroatoms. The van der Waals surface area contributed by atoms with Crippen LogP contribution in [0.15, 0.2) is 12.1 Å². The minimum Gasteiger partial charge on any atom is -0.375 e. The molecule has 0 amide bonds. The van der Waals surface area contributed by atoms with Crippen LogP contribution in [-0.4, -0.2) is 4.98 Å². The Balaban J connectivity index is 1.97. The van der Waals surface area contributed by atoms with Crippen LogP contribution in [0.1, 0.15) is 34.9 Å². The molecule has 1 heterocycles. The van der Waals surface area contributed by atoms with Crippen LogP contribution in [0.2, 0.25) is 0 Å². The topological polar surface area (TPSA) is 38.9 Å². The van der Waals surface area contributed by atoms with Crippen LogP contribution in [0.4, 0.5) is 18.3 Å². The van der Waals surface area contributed by atoms with Gasteiger partial charge < -0.3 is 5.73 Å². The summed E-state index contributed by atoms with van der Waals surface area (Å²) < 4.78 is 40.1. The van der Waals surface area contributed by atoms with Gasteiger partial charge in [-0.2, -0.15) is 0 Å². The van der Waals surface area contributed by atoms with Crippen LogP contribution in [0.5, 0.6) is 0 Å². The van der Waals surface area contributed by atoms with Gasteiger partial charge in [-0.3, -0.25) is 0 Å². The number of rotatable bonds is 3. The molecule has 1 aromatic carbocycles. The van der Waals surface area contributed by atoms with Crippen molar-refractivity contribution >= 4 is 16.5 Å². The van der Waals surface area contributed by atoms with Gasteiger partial charge in [0.25, 0.3) is 0 Å². The molecule has 0 radical (unpaired) electrons. The van der Waals surface area contributed by atoms with Gasteiger partial charge >= 0.3 is 0 Å². The minimum atomic E-state index is -0.912. The van der Waals surface area contributed by atoms with Crippen molar-refractivity contribution in [1.82, 2.24) is 4.98 Å². The van der Waals surface area contributed by atoms with Gasteiger partial charge in [0.15, 0.2) is 5.13 Å². The number of thiazole rings is 1. The van der Waals surface area contributed by atoms with Gasteiger partial charge in [-0.25, -0.2) is 18.2 Å². The molecule has 2 aromatic rings. The summed E-state index contributed by atoms with van der Waals surface area (Å²) >= 11 is 1.24. The van der Waals surface area contributed by atoms with E-state index >= 15 is 0 Å². The van der Waals surface area contributed by atoms with Crippen molar-refractivity contribution in [3.63, 3.8) is 0 Å². The molecule has 0 saturated heterocycles. The standard InChI is InChI=1S/C13H11F3N2S/c14-7-3-9(15)8(10(16)4-7)5-11-12(6-1-2-6)18-13(17)19-11/h3-4,6H,1-2,5H2,(H2,17,18). The fraction of sp³-hybridized carbons (Fsp3) is 0.308. The maximum absolute atomic E-state index is 13.6. The van der Waals surface area contributed by atoms with E-state index in [1.165, 1.54) is 11.3 Å². The van der Waals surface area contributed by atoms with Crippen molar-refractivity contribution in [2.45, 2.75) is 25.2 Å². The van der Waals surface area contributed by atoms with E-state index in [1.807, 2.05) is 0 Å². The predicted octanol–water partition coefficient (Wildman–Crippen LogP) is 3.61. The van der Waals surface area contributed by atoms with Crippen molar-refractivity contribution in [2.75, 3.05) is 5.73 Å². The zero-order valence-electron chi connectivity index (χ0n) is 9.92. The van der Waals surface area contributed by atoms with E-state index in [0.29, 0.717) is 23.2 Å². The molecule has 19 heavy (non-hydrogen) atoms. The third kappa shape index (κ3) is 2.45. The highest BCUT2D eigenvalue weighted by atomic mass is 32.1. The van der Waals surface area contributed by atoms with Gasteiger partial charge in [-0.15, -0.1) is 11.3 Å². The Morgan fingerprint density at radius 3 is 2.42 bits per heavy atom. The second-order valence-corrected chi connectivity index (χ2v) is 5.77. The van der Waals surface area contributed by atoms with Gasteiger partial charge in [-0.05, 0) is 12.8 Å². The quantitative estimate of drug-likeness (QED) is 0.935. The number of halogens is 3. The molecule has 100 valence electrons. The number of nitrogen functional groups attached to an aromatic ring is 1. The second-order valence-electron chi connectivity index (χ2n) is 4.66. The number of hydrogen-bond acceptors (Lipinski definition) is 3. The summed E-state index contributed by atoms with van der Waals surface area (Å²) in [7, 11) is 0. The number of anilines is 1. The second kappa shape index (κ2) is 4.52. The molecule has 1 fully saturated rings. The monoisotopic (exact) mass is 284 g/mol. The van der Waals surface area contributed by atoms with E-state index in [4.69, 9.17) is 5.73 Å². The highest BCUT2D eigenvalue weighted by molar-refractivity contribution is 7.15. The number of aromatic nitrogens is 1. The van der Waals surface area contributed by atoms with E-state index in [1.54, 1.807) is 0 Å². The highest BCUT2D eigenvalue weighted by Gasteiger charge is 2.30. The van der Waals surface area contributed by atoms with Crippen LogP contribution >= 0.6 is 11.3 Å². The first-order valence-corrected chi connectivity index (χ1v) is 6.74. The molecule has 1 aliphatic carbocycles. The summed E-state index contributed by atoms with van der Waals surface area (Å²) in [6, 6.07) is 1.39. The van der Waals surface area contributed by atoms with Crippen LogP contribution < -0.4 is 5.73 Å². The molecule has 2 N–H and O–H groups in total. The maximum Gasteiger partial charge on any atom is 0.180 e. The average Bonchev–Trinajstić information content (AvgIpc) is 3.08. The summed E-state index contributed by atoms with van der Waals surface area (Å²) in [6.07, 6.45) is 2.13. The van der Waals surface area contributed by atoms with Gasteiger partial charge in [0.05, 0.1) is 5.69 Å². The van der Waals surface area contributed by atoms with E-state index < -0.39 is 17.5 Å². The predicted molar refractivity (Wildman–Crippen MR) is 67.6 cm³/mol. The Labute approximate surface area is 112 Å². The van der Waals surface area contributed by atoms with Crippen molar-refractivity contribution in [3.05, 3.63) is 45.7 Å². The fourth-order valence-corrected chi connectivity index (χ4v) is 3.02. The third-order valence-electron chi connectivity index (χ3n) is 3.15. The van der Waals surface area contributed by atoms with Crippen molar-refractivity contribution in [3.8, 4) is 0 Å². The van der Waals surface area contributed by atoms with E-state index in [-0.39, 0.29) is 12.0 Å². The van der Waals surface area contributed by atoms with Crippen LogP contribution in [-0.2, 0) is 6.42 Å². The first-order valence-electron chi connectivity index (χ1n) is 5.93. The number of benzene rings is 1.